The zero-order valence-electron chi connectivity index (χ0n) is 12.0. The molecule has 0 aliphatic carbocycles. The maximum absolute atomic E-state index is 11.7. The summed E-state index contributed by atoms with van der Waals surface area (Å²) in [6, 6.07) is 0.185. The summed E-state index contributed by atoms with van der Waals surface area (Å²) in [6.45, 7) is 7.42. The molecule has 7 heteroatoms. The van der Waals surface area contributed by atoms with Gasteiger partial charge in [-0.3, -0.25) is 0 Å². The number of ether oxygens (including phenoxy) is 1. The van der Waals surface area contributed by atoms with Crippen LogP contribution in [0.4, 0.5) is 9.93 Å². The molecule has 0 radical (unpaired) electrons. The quantitative estimate of drug-likeness (QED) is 0.876. The van der Waals surface area contributed by atoms with E-state index in [1.54, 1.807) is 11.3 Å². The number of nitrogens with one attached hydrogen (secondary N) is 1. The maximum Gasteiger partial charge on any atom is 0.407 e. The van der Waals surface area contributed by atoms with E-state index in [-0.39, 0.29) is 12.1 Å². The Morgan fingerprint density at radius 3 is 2.65 bits per heavy atom. The predicted octanol–water partition coefficient (Wildman–Crippen LogP) is 3.40. The summed E-state index contributed by atoms with van der Waals surface area (Å²) in [4.78, 5) is 18.4. The second-order valence-electron chi connectivity index (χ2n) is 5.86. The predicted molar refractivity (Wildman–Crippen MR) is 84.4 cm³/mol. The van der Waals surface area contributed by atoms with Crippen molar-refractivity contribution in [2.24, 2.45) is 0 Å². The van der Waals surface area contributed by atoms with Gasteiger partial charge in [0.25, 0.3) is 0 Å². The van der Waals surface area contributed by atoms with E-state index in [4.69, 9.17) is 4.74 Å². The molecule has 2 heterocycles. The molecule has 5 nitrogen and oxygen atoms in total. The Balaban J connectivity index is 1.78. The monoisotopic (exact) mass is 361 g/mol. The van der Waals surface area contributed by atoms with Crippen molar-refractivity contribution in [1.82, 2.24) is 10.3 Å². The Labute approximate surface area is 131 Å². The maximum atomic E-state index is 11.7. The molecule has 0 atom stereocenters. The molecule has 1 aromatic rings. The molecule has 112 valence electrons. The van der Waals surface area contributed by atoms with E-state index in [2.05, 4.69) is 31.1 Å². The lowest BCUT2D eigenvalue weighted by Gasteiger charge is -2.32. The Morgan fingerprint density at radius 1 is 1.50 bits per heavy atom. The number of halogens is 1. The summed E-state index contributed by atoms with van der Waals surface area (Å²) < 4.78 is 6.16. The molecule has 1 amide bonds. The third kappa shape index (κ3) is 4.63. The fourth-order valence-electron chi connectivity index (χ4n) is 2.08. The third-order valence-electron chi connectivity index (χ3n) is 2.95. The lowest BCUT2D eigenvalue weighted by atomic mass is 10.1. The average molecular weight is 362 g/mol. The van der Waals surface area contributed by atoms with E-state index in [9.17, 15) is 4.79 Å². The minimum absolute atomic E-state index is 0.185. The molecule has 20 heavy (non-hydrogen) atoms. The van der Waals surface area contributed by atoms with Crippen LogP contribution >= 0.6 is 27.3 Å². The van der Waals surface area contributed by atoms with E-state index in [0.717, 1.165) is 35.7 Å². The van der Waals surface area contributed by atoms with Gasteiger partial charge in [-0.25, -0.2) is 9.78 Å². The number of anilines is 1. The highest BCUT2D eigenvalue weighted by atomic mass is 79.9. The van der Waals surface area contributed by atoms with E-state index in [0.29, 0.717) is 0 Å². The first-order chi connectivity index (χ1) is 9.33. The normalized spacial score (nSPS) is 17.1. The van der Waals surface area contributed by atoms with Crippen LogP contribution in [0.15, 0.2) is 9.98 Å². The molecule has 1 aromatic heterocycles. The average Bonchev–Trinajstić information content (AvgIpc) is 2.74. The van der Waals surface area contributed by atoms with Gasteiger partial charge in [0.15, 0.2) is 5.13 Å². The van der Waals surface area contributed by atoms with Crippen LogP contribution in [0, 0.1) is 0 Å². The molecule has 1 aliphatic heterocycles. The molecule has 1 aliphatic rings. The van der Waals surface area contributed by atoms with Gasteiger partial charge in [0.05, 0.1) is 0 Å². The van der Waals surface area contributed by atoms with E-state index in [1.807, 2.05) is 26.2 Å². The number of carbonyl (C=O) groups is 1. The van der Waals surface area contributed by atoms with Crippen molar-refractivity contribution in [3.63, 3.8) is 0 Å². The number of piperidine rings is 1. The standard InChI is InChI=1S/C13H20BrN3O2S/c1-13(2,3)19-12(18)15-9-4-6-17(7-5-9)11-16-10(14)8-20-11/h8-9H,4-7H2,1-3H3,(H,15,18). The minimum Gasteiger partial charge on any atom is -0.444 e. The van der Waals surface area contributed by atoms with Crippen molar-refractivity contribution in [1.29, 1.82) is 0 Å². The summed E-state index contributed by atoms with van der Waals surface area (Å²) in [5.41, 5.74) is -0.446. The van der Waals surface area contributed by atoms with Crippen molar-refractivity contribution >= 4 is 38.5 Å². The first kappa shape index (κ1) is 15.6. The first-order valence-corrected chi connectivity index (χ1v) is 8.36. The largest absolute Gasteiger partial charge is 0.444 e. The fraction of sp³-hybridized carbons (Fsp3) is 0.692. The molecule has 0 spiro atoms. The molecule has 1 N–H and O–H groups in total. The van der Waals surface area contributed by atoms with Gasteiger partial charge in [-0.15, -0.1) is 11.3 Å². The van der Waals surface area contributed by atoms with Crippen LogP contribution in [-0.4, -0.2) is 35.8 Å². The van der Waals surface area contributed by atoms with E-state index >= 15 is 0 Å². The number of amides is 1. The van der Waals surface area contributed by atoms with Crippen LogP contribution in [0.3, 0.4) is 0 Å². The Kier molecular flexibility index (Phi) is 4.90. The third-order valence-corrected chi connectivity index (χ3v) is 4.56. The Hall–Kier alpha value is -0.820. The second kappa shape index (κ2) is 6.30. The van der Waals surface area contributed by atoms with Gasteiger partial charge in [0.2, 0.25) is 0 Å². The number of rotatable bonds is 2. The van der Waals surface area contributed by atoms with E-state index in [1.165, 1.54) is 0 Å². The summed E-state index contributed by atoms with van der Waals surface area (Å²) in [6.07, 6.45) is 1.50. The van der Waals surface area contributed by atoms with Crippen LogP contribution in [0.5, 0.6) is 0 Å². The van der Waals surface area contributed by atoms with Crippen LogP contribution in [0.25, 0.3) is 0 Å². The van der Waals surface area contributed by atoms with Crippen molar-refractivity contribution in [3.05, 3.63) is 9.98 Å². The molecular weight excluding hydrogens is 342 g/mol. The van der Waals surface area contributed by atoms with Crippen LogP contribution in [0.1, 0.15) is 33.6 Å². The van der Waals surface area contributed by atoms with Crippen LogP contribution in [-0.2, 0) is 4.74 Å². The minimum atomic E-state index is -0.446. The summed E-state index contributed by atoms with van der Waals surface area (Å²) in [5.74, 6) is 0. The number of nitrogens with zero attached hydrogens (tertiary/aromatic N) is 2. The van der Waals surface area contributed by atoms with Gasteiger partial charge in [0.1, 0.15) is 10.2 Å². The highest BCUT2D eigenvalue weighted by Crippen LogP contribution is 2.26. The summed E-state index contributed by atoms with van der Waals surface area (Å²) in [5, 5.41) is 5.96. The van der Waals surface area contributed by atoms with E-state index < -0.39 is 5.60 Å². The zero-order chi connectivity index (χ0) is 14.8. The highest BCUT2D eigenvalue weighted by molar-refractivity contribution is 9.10. The zero-order valence-corrected chi connectivity index (χ0v) is 14.4. The molecule has 0 bridgehead atoms. The van der Waals surface area contributed by atoms with Gasteiger partial charge in [-0.05, 0) is 49.5 Å². The summed E-state index contributed by atoms with van der Waals surface area (Å²) >= 11 is 5.01. The molecule has 2 rings (SSSR count). The summed E-state index contributed by atoms with van der Waals surface area (Å²) in [7, 11) is 0. The molecule has 0 unspecified atom stereocenters. The molecule has 1 saturated heterocycles. The van der Waals surface area contributed by atoms with Gasteiger partial charge in [-0.1, -0.05) is 0 Å². The lowest BCUT2D eigenvalue weighted by Crippen LogP contribution is -2.46. The smallest absolute Gasteiger partial charge is 0.407 e. The number of hydrogen-bond donors (Lipinski definition) is 1. The number of aromatic nitrogens is 1. The number of thiazole rings is 1. The number of hydrogen-bond acceptors (Lipinski definition) is 5. The van der Waals surface area contributed by atoms with Crippen LogP contribution in [0.2, 0.25) is 0 Å². The van der Waals surface area contributed by atoms with Gasteiger partial charge in [-0.2, -0.15) is 0 Å². The topological polar surface area (TPSA) is 54.5 Å². The lowest BCUT2D eigenvalue weighted by molar-refractivity contribution is 0.0497. The highest BCUT2D eigenvalue weighted by Gasteiger charge is 2.24. The van der Waals surface area contributed by atoms with Crippen molar-refractivity contribution in [2.45, 2.75) is 45.3 Å². The van der Waals surface area contributed by atoms with Crippen molar-refractivity contribution in [2.75, 3.05) is 18.0 Å². The first-order valence-electron chi connectivity index (χ1n) is 6.69. The van der Waals surface area contributed by atoms with Crippen LogP contribution < -0.4 is 10.2 Å². The molecule has 0 aromatic carbocycles. The van der Waals surface area contributed by atoms with Gasteiger partial charge >= 0.3 is 6.09 Å². The number of alkyl carbamates (subject to hydrolysis) is 1. The van der Waals surface area contributed by atoms with Crippen molar-refractivity contribution < 1.29 is 9.53 Å². The number of carbonyl (C=O) groups excluding carboxylic acids is 1. The molecule has 1 fully saturated rings. The van der Waals surface area contributed by atoms with Crippen molar-refractivity contribution in [3.8, 4) is 0 Å². The molecular formula is C13H20BrN3O2S. The van der Waals surface area contributed by atoms with Gasteiger partial charge in [0, 0.05) is 24.5 Å². The Morgan fingerprint density at radius 2 is 2.15 bits per heavy atom. The SMILES string of the molecule is CC(C)(C)OC(=O)NC1CCN(c2nc(Br)cs2)CC1. The second-order valence-corrected chi connectivity index (χ2v) is 7.51. The molecule has 0 saturated carbocycles. The van der Waals surface area contributed by atoms with Gasteiger partial charge < -0.3 is 15.0 Å². The fourth-order valence-corrected chi connectivity index (χ4v) is 3.38. The Bertz CT molecular complexity index is 464.